The Morgan fingerprint density at radius 1 is 1.09 bits per heavy atom. The molecule has 0 spiro atoms. The van der Waals surface area contributed by atoms with Gasteiger partial charge in [-0.1, -0.05) is 42.5 Å². The number of rotatable bonds is 8. The maximum Gasteiger partial charge on any atom is 0.220 e. The first-order valence-electron chi connectivity index (χ1n) is 7.04. The summed E-state index contributed by atoms with van der Waals surface area (Å²) in [5.41, 5.74) is 1.12. The van der Waals surface area contributed by atoms with Gasteiger partial charge in [0.25, 0.3) is 0 Å². The van der Waals surface area contributed by atoms with E-state index in [9.17, 15) is 9.59 Å². The van der Waals surface area contributed by atoms with E-state index in [0.717, 1.165) is 5.56 Å². The molecule has 0 fully saturated rings. The average molecular weight is 315 g/mol. The van der Waals surface area contributed by atoms with Crippen molar-refractivity contribution < 1.29 is 14.0 Å². The molecular formula is C17H17NO3S. The Hall–Kier alpha value is -2.27. The quantitative estimate of drug-likeness (QED) is 0.601. The van der Waals surface area contributed by atoms with Gasteiger partial charge in [-0.05, 0) is 24.1 Å². The van der Waals surface area contributed by atoms with Gasteiger partial charge < -0.3 is 9.73 Å². The summed E-state index contributed by atoms with van der Waals surface area (Å²) in [7, 11) is 0. The summed E-state index contributed by atoms with van der Waals surface area (Å²) in [6.07, 6.45) is 2.63. The van der Waals surface area contributed by atoms with Crippen molar-refractivity contribution >= 4 is 28.8 Å². The summed E-state index contributed by atoms with van der Waals surface area (Å²) in [6.45, 7) is 0.232. The average Bonchev–Trinajstić information content (AvgIpc) is 3.06. The van der Waals surface area contributed by atoms with Crippen LogP contribution < -0.4 is 5.32 Å². The van der Waals surface area contributed by atoms with Gasteiger partial charge in [-0.15, -0.1) is 0 Å². The smallest absolute Gasteiger partial charge is 0.220 e. The van der Waals surface area contributed by atoms with Crippen LogP contribution in [0.3, 0.4) is 0 Å². The van der Waals surface area contributed by atoms with Crippen LogP contribution in [0.2, 0.25) is 0 Å². The van der Waals surface area contributed by atoms with Crippen LogP contribution in [0.5, 0.6) is 0 Å². The minimum absolute atomic E-state index is 0.0725. The molecule has 0 aliphatic carbocycles. The molecule has 0 saturated heterocycles. The van der Waals surface area contributed by atoms with Crippen molar-refractivity contribution in [2.24, 2.45) is 0 Å². The molecule has 114 valence electrons. The highest BCUT2D eigenvalue weighted by molar-refractivity contribution is 7.80. The van der Waals surface area contributed by atoms with Crippen molar-refractivity contribution in [1.82, 2.24) is 5.32 Å². The van der Waals surface area contributed by atoms with Crippen LogP contribution in [0.15, 0.2) is 53.1 Å². The normalized spacial score (nSPS) is 10.2. The van der Waals surface area contributed by atoms with Gasteiger partial charge in [0.05, 0.1) is 6.26 Å². The minimum atomic E-state index is -0.173. The second kappa shape index (κ2) is 8.24. The summed E-state index contributed by atoms with van der Waals surface area (Å²) in [5.74, 6) is 0.0444. The van der Waals surface area contributed by atoms with Gasteiger partial charge in [0.1, 0.15) is 0 Å². The Morgan fingerprint density at radius 2 is 1.86 bits per heavy atom. The summed E-state index contributed by atoms with van der Waals surface area (Å²) < 4.78 is 5.01. The fourth-order valence-electron chi connectivity index (χ4n) is 1.95. The van der Waals surface area contributed by atoms with Crippen LogP contribution in [-0.4, -0.2) is 23.1 Å². The Labute approximate surface area is 134 Å². The second-order valence-corrected chi connectivity index (χ2v) is 5.46. The summed E-state index contributed by atoms with van der Waals surface area (Å²) in [6, 6.07) is 13.1. The third kappa shape index (κ3) is 5.26. The maximum absolute atomic E-state index is 11.8. The Balaban J connectivity index is 1.67. The molecule has 1 aromatic heterocycles. The Bertz CT molecular complexity index is 635. The monoisotopic (exact) mass is 315 g/mol. The number of amides is 1. The van der Waals surface area contributed by atoms with Gasteiger partial charge in [0.15, 0.2) is 5.76 Å². The molecule has 1 heterocycles. The molecule has 0 saturated carbocycles. The fraction of sp³-hybridized carbons (Fsp3) is 0.235. The molecule has 2 aromatic rings. The molecule has 1 aromatic carbocycles. The number of Topliss-reactive ketones (excluding diaryl/α,β-unsaturated/α-hetero) is 1. The number of ketones is 1. The number of hydrogen-bond donors (Lipinski definition) is 1. The van der Waals surface area contributed by atoms with Crippen LogP contribution in [0.1, 0.15) is 29.0 Å². The van der Waals surface area contributed by atoms with E-state index >= 15 is 0 Å². The third-order valence-electron chi connectivity index (χ3n) is 3.12. The van der Waals surface area contributed by atoms with E-state index in [-0.39, 0.29) is 30.4 Å². The predicted octanol–water partition coefficient (Wildman–Crippen LogP) is 2.97. The van der Waals surface area contributed by atoms with Gasteiger partial charge >= 0.3 is 0 Å². The van der Waals surface area contributed by atoms with Gasteiger partial charge in [-0.25, -0.2) is 0 Å². The zero-order chi connectivity index (χ0) is 15.8. The topological polar surface area (TPSA) is 59.3 Å². The fourth-order valence-corrected chi connectivity index (χ4v) is 2.16. The van der Waals surface area contributed by atoms with E-state index in [2.05, 4.69) is 5.32 Å². The van der Waals surface area contributed by atoms with E-state index in [1.54, 1.807) is 12.1 Å². The molecule has 0 aliphatic heterocycles. The SMILES string of the molecule is O=C(CCc1ccccc1)NCC(=S)CC(=O)c1ccco1. The van der Waals surface area contributed by atoms with Gasteiger partial charge in [-0.2, -0.15) is 0 Å². The maximum atomic E-state index is 11.8. The van der Waals surface area contributed by atoms with E-state index in [0.29, 0.717) is 17.7 Å². The highest BCUT2D eigenvalue weighted by Gasteiger charge is 2.12. The Morgan fingerprint density at radius 3 is 2.55 bits per heavy atom. The van der Waals surface area contributed by atoms with Crippen LogP contribution in [-0.2, 0) is 11.2 Å². The zero-order valence-corrected chi connectivity index (χ0v) is 12.9. The highest BCUT2D eigenvalue weighted by atomic mass is 32.1. The molecule has 1 amide bonds. The third-order valence-corrected chi connectivity index (χ3v) is 3.41. The number of benzene rings is 1. The second-order valence-electron chi connectivity index (χ2n) is 4.88. The summed E-state index contributed by atoms with van der Waals surface area (Å²) in [5, 5.41) is 2.74. The number of carbonyl (C=O) groups excluding carboxylic acids is 2. The molecule has 0 atom stereocenters. The number of furan rings is 1. The molecular weight excluding hydrogens is 298 g/mol. The van der Waals surface area contributed by atoms with Gasteiger partial charge in [-0.3, -0.25) is 9.59 Å². The van der Waals surface area contributed by atoms with Crippen LogP contribution in [0.25, 0.3) is 0 Å². The van der Waals surface area contributed by atoms with Crippen molar-refractivity contribution in [3.8, 4) is 0 Å². The van der Waals surface area contributed by atoms with E-state index in [1.165, 1.54) is 6.26 Å². The number of aryl methyl sites for hydroxylation is 1. The van der Waals surface area contributed by atoms with Crippen molar-refractivity contribution in [1.29, 1.82) is 0 Å². The number of nitrogens with one attached hydrogen (secondary N) is 1. The molecule has 22 heavy (non-hydrogen) atoms. The van der Waals surface area contributed by atoms with Gasteiger partial charge in [0.2, 0.25) is 11.7 Å². The number of hydrogen-bond acceptors (Lipinski definition) is 4. The van der Waals surface area contributed by atoms with E-state index < -0.39 is 0 Å². The molecule has 1 N–H and O–H groups in total. The summed E-state index contributed by atoms with van der Waals surface area (Å²) in [4.78, 5) is 24.0. The zero-order valence-electron chi connectivity index (χ0n) is 12.1. The lowest BCUT2D eigenvalue weighted by Gasteiger charge is -2.06. The first-order chi connectivity index (χ1) is 10.6. The lowest BCUT2D eigenvalue weighted by atomic mass is 10.1. The van der Waals surface area contributed by atoms with Crippen molar-refractivity contribution in [2.45, 2.75) is 19.3 Å². The van der Waals surface area contributed by atoms with Crippen LogP contribution >= 0.6 is 12.2 Å². The van der Waals surface area contributed by atoms with Crippen LogP contribution in [0.4, 0.5) is 0 Å². The predicted molar refractivity (Wildman–Crippen MR) is 88.0 cm³/mol. The van der Waals surface area contributed by atoms with Gasteiger partial charge in [0, 0.05) is 24.3 Å². The van der Waals surface area contributed by atoms with Crippen LogP contribution in [0, 0.1) is 0 Å². The molecule has 5 heteroatoms. The highest BCUT2D eigenvalue weighted by Crippen LogP contribution is 2.05. The molecule has 0 bridgehead atoms. The van der Waals surface area contributed by atoms with Crippen molar-refractivity contribution in [3.63, 3.8) is 0 Å². The molecule has 0 aliphatic rings. The lowest BCUT2D eigenvalue weighted by Crippen LogP contribution is -2.29. The van der Waals surface area contributed by atoms with E-state index in [1.807, 2.05) is 30.3 Å². The number of thiocarbonyl (C=S) groups is 1. The van der Waals surface area contributed by atoms with Crippen molar-refractivity contribution in [2.75, 3.05) is 6.54 Å². The first-order valence-corrected chi connectivity index (χ1v) is 7.45. The molecule has 4 nitrogen and oxygen atoms in total. The largest absolute Gasteiger partial charge is 0.461 e. The first kappa shape index (κ1) is 16.1. The molecule has 0 radical (unpaired) electrons. The van der Waals surface area contributed by atoms with E-state index in [4.69, 9.17) is 16.6 Å². The minimum Gasteiger partial charge on any atom is -0.461 e. The number of carbonyl (C=O) groups is 2. The Kier molecular flexibility index (Phi) is 6.03. The standard InChI is InChI=1S/C17H17NO3S/c19-15(16-7-4-10-21-16)11-14(22)12-18-17(20)9-8-13-5-2-1-3-6-13/h1-7,10H,8-9,11-12H2,(H,18,20). The molecule has 0 unspecified atom stereocenters. The summed E-state index contributed by atoms with van der Waals surface area (Å²) >= 11 is 5.12. The lowest BCUT2D eigenvalue weighted by molar-refractivity contribution is -0.120. The van der Waals surface area contributed by atoms with Crippen molar-refractivity contribution in [3.05, 3.63) is 60.1 Å². The molecule has 2 rings (SSSR count).